The first-order valence-electron chi connectivity index (χ1n) is 6.07. The first-order valence-corrected chi connectivity index (χ1v) is 7.59. The fraction of sp³-hybridized carbons (Fsp3) is 1.00. The van der Waals surface area contributed by atoms with Gasteiger partial charge < -0.3 is 18.9 Å². The molecule has 3 rings (SSSR count). The fourth-order valence-electron chi connectivity index (χ4n) is 3.09. The molecule has 3 aliphatic heterocycles. The van der Waals surface area contributed by atoms with Gasteiger partial charge in [0.15, 0.2) is 12.1 Å². The lowest BCUT2D eigenvalue weighted by atomic mass is 9.84. The van der Waals surface area contributed by atoms with Crippen LogP contribution < -0.4 is 0 Å². The van der Waals surface area contributed by atoms with Crippen molar-refractivity contribution in [3.8, 4) is 0 Å². The summed E-state index contributed by atoms with van der Waals surface area (Å²) in [4.78, 5) is 0. The van der Waals surface area contributed by atoms with Crippen LogP contribution in [0.2, 0.25) is 0 Å². The molecule has 0 N–H and O–H groups in total. The van der Waals surface area contributed by atoms with Crippen LogP contribution in [-0.4, -0.2) is 39.9 Å². The zero-order chi connectivity index (χ0) is 12.5. The van der Waals surface area contributed by atoms with Crippen LogP contribution in [0.5, 0.6) is 0 Å². The predicted octanol–water partition coefficient (Wildman–Crippen LogP) is 2.24. The maximum absolute atomic E-state index is 6.03. The molecule has 3 heterocycles. The second-order valence-electron chi connectivity index (χ2n) is 6.03. The SMILES string of the molecule is CC1(C)O[C@H]2O[C@@H](CI)[C@]3(C[C@H]2O1)OC3(C)C. The van der Waals surface area contributed by atoms with E-state index in [2.05, 4.69) is 36.4 Å². The molecule has 0 bridgehead atoms. The van der Waals surface area contributed by atoms with Crippen molar-refractivity contribution in [3.05, 3.63) is 0 Å². The van der Waals surface area contributed by atoms with Gasteiger partial charge in [-0.3, -0.25) is 0 Å². The Morgan fingerprint density at radius 1 is 1.18 bits per heavy atom. The Balaban J connectivity index is 1.83. The van der Waals surface area contributed by atoms with Gasteiger partial charge in [-0.15, -0.1) is 0 Å². The summed E-state index contributed by atoms with van der Waals surface area (Å²) < 4.78 is 24.5. The topological polar surface area (TPSA) is 40.2 Å². The third-order valence-corrected chi connectivity index (χ3v) is 4.82. The molecule has 0 amide bonds. The smallest absolute Gasteiger partial charge is 0.187 e. The van der Waals surface area contributed by atoms with Gasteiger partial charge in [-0.1, -0.05) is 22.6 Å². The predicted molar refractivity (Wildman–Crippen MR) is 70.1 cm³/mol. The lowest BCUT2D eigenvalue weighted by Crippen LogP contribution is -2.51. The summed E-state index contributed by atoms with van der Waals surface area (Å²) in [7, 11) is 0. The molecule has 4 atom stereocenters. The van der Waals surface area contributed by atoms with Gasteiger partial charge in [-0.25, -0.2) is 0 Å². The maximum Gasteiger partial charge on any atom is 0.187 e. The largest absolute Gasteiger partial charge is 0.360 e. The molecule has 1 spiro atoms. The highest BCUT2D eigenvalue weighted by molar-refractivity contribution is 14.1. The molecule has 0 unspecified atom stereocenters. The number of alkyl halides is 1. The van der Waals surface area contributed by atoms with Crippen LogP contribution in [0.3, 0.4) is 0 Å². The average molecular weight is 354 g/mol. The number of ether oxygens (including phenoxy) is 4. The Labute approximate surface area is 115 Å². The van der Waals surface area contributed by atoms with E-state index in [9.17, 15) is 0 Å². The van der Waals surface area contributed by atoms with Crippen molar-refractivity contribution in [1.29, 1.82) is 0 Å². The van der Waals surface area contributed by atoms with E-state index >= 15 is 0 Å². The van der Waals surface area contributed by atoms with Gasteiger partial charge >= 0.3 is 0 Å². The molecule has 17 heavy (non-hydrogen) atoms. The van der Waals surface area contributed by atoms with Gasteiger partial charge in [0.1, 0.15) is 17.8 Å². The highest BCUT2D eigenvalue weighted by Gasteiger charge is 2.72. The minimum absolute atomic E-state index is 0.00836. The highest BCUT2D eigenvalue weighted by atomic mass is 127. The molecule has 3 saturated heterocycles. The average Bonchev–Trinajstić information content (AvgIpc) is 2.58. The molecular weight excluding hydrogens is 335 g/mol. The van der Waals surface area contributed by atoms with Crippen LogP contribution in [0, 0.1) is 0 Å². The monoisotopic (exact) mass is 354 g/mol. The summed E-state index contributed by atoms with van der Waals surface area (Å²) in [6.45, 7) is 8.10. The van der Waals surface area contributed by atoms with Crippen molar-refractivity contribution >= 4 is 22.6 Å². The Morgan fingerprint density at radius 2 is 1.82 bits per heavy atom. The maximum atomic E-state index is 6.03. The third-order valence-electron chi connectivity index (χ3n) is 4.02. The highest BCUT2D eigenvalue weighted by Crippen LogP contribution is 2.58. The third kappa shape index (κ3) is 1.77. The number of fused-ring (bicyclic) bond motifs is 1. The van der Waals surface area contributed by atoms with Crippen molar-refractivity contribution < 1.29 is 18.9 Å². The molecule has 5 heteroatoms. The first-order chi connectivity index (χ1) is 7.80. The van der Waals surface area contributed by atoms with E-state index in [4.69, 9.17) is 18.9 Å². The molecule has 0 saturated carbocycles. The minimum Gasteiger partial charge on any atom is -0.360 e. The van der Waals surface area contributed by atoms with Gasteiger partial charge in [-0.05, 0) is 27.7 Å². The Morgan fingerprint density at radius 3 is 2.35 bits per heavy atom. The molecule has 0 radical (unpaired) electrons. The first kappa shape index (κ1) is 12.6. The van der Waals surface area contributed by atoms with E-state index in [-0.39, 0.29) is 29.7 Å². The van der Waals surface area contributed by atoms with Crippen LogP contribution in [0.25, 0.3) is 0 Å². The normalized spacial score (nSPS) is 50.3. The van der Waals surface area contributed by atoms with Crippen LogP contribution >= 0.6 is 22.6 Å². The Hall–Kier alpha value is 0.570. The second kappa shape index (κ2) is 3.56. The summed E-state index contributed by atoms with van der Waals surface area (Å²) in [5.41, 5.74) is -0.289. The van der Waals surface area contributed by atoms with Crippen molar-refractivity contribution in [2.45, 2.75) is 69.6 Å². The number of epoxide rings is 1. The van der Waals surface area contributed by atoms with Crippen LogP contribution in [-0.2, 0) is 18.9 Å². The molecule has 3 aliphatic rings. The van der Waals surface area contributed by atoms with Crippen molar-refractivity contribution in [3.63, 3.8) is 0 Å². The molecule has 0 aliphatic carbocycles. The summed E-state index contributed by atoms with van der Waals surface area (Å²) in [6.07, 6.45) is 0.708. The molecule has 4 nitrogen and oxygen atoms in total. The summed E-state index contributed by atoms with van der Waals surface area (Å²) >= 11 is 2.35. The van der Waals surface area contributed by atoms with Gasteiger partial charge in [0.25, 0.3) is 0 Å². The number of hydrogen-bond donors (Lipinski definition) is 0. The lowest BCUT2D eigenvalue weighted by Gasteiger charge is -2.35. The molecule has 98 valence electrons. The van der Waals surface area contributed by atoms with E-state index < -0.39 is 5.79 Å². The van der Waals surface area contributed by atoms with Crippen molar-refractivity contribution in [2.24, 2.45) is 0 Å². The number of rotatable bonds is 1. The van der Waals surface area contributed by atoms with Crippen LogP contribution in [0.4, 0.5) is 0 Å². The standard InChI is InChI=1S/C12H19IO4/c1-10(2)12(17-10)5-7-9(14-8(12)6-13)16-11(3,4)15-7/h7-9H,5-6H2,1-4H3/t7-,8+,9-,12+/m1/s1. The van der Waals surface area contributed by atoms with E-state index in [0.29, 0.717) is 0 Å². The Bertz CT molecular complexity index is 343. The van der Waals surface area contributed by atoms with E-state index in [1.807, 2.05) is 13.8 Å². The molecule has 0 aromatic carbocycles. The van der Waals surface area contributed by atoms with Gasteiger partial charge in [-0.2, -0.15) is 0 Å². The van der Waals surface area contributed by atoms with Crippen molar-refractivity contribution in [1.82, 2.24) is 0 Å². The van der Waals surface area contributed by atoms with E-state index in [0.717, 1.165) is 10.8 Å². The number of halogens is 1. The van der Waals surface area contributed by atoms with E-state index in [1.165, 1.54) is 0 Å². The van der Waals surface area contributed by atoms with Crippen LogP contribution in [0.1, 0.15) is 34.1 Å². The lowest BCUT2D eigenvalue weighted by molar-refractivity contribution is -0.216. The van der Waals surface area contributed by atoms with Gasteiger partial charge in [0.2, 0.25) is 0 Å². The second-order valence-corrected chi connectivity index (χ2v) is 6.91. The fourth-order valence-corrected chi connectivity index (χ4v) is 4.01. The molecule has 0 aromatic rings. The van der Waals surface area contributed by atoms with Gasteiger partial charge in [0.05, 0.1) is 5.60 Å². The molecule has 0 aromatic heterocycles. The minimum atomic E-state index is -0.546. The molecule has 3 fully saturated rings. The zero-order valence-corrected chi connectivity index (χ0v) is 12.8. The summed E-state index contributed by atoms with van der Waals surface area (Å²) in [6, 6.07) is 0. The summed E-state index contributed by atoms with van der Waals surface area (Å²) in [5.74, 6) is -0.546. The van der Waals surface area contributed by atoms with Crippen LogP contribution in [0.15, 0.2) is 0 Å². The van der Waals surface area contributed by atoms with E-state index in [1.54, 1.807) is 0 Å². The van der Waals surface area contributed by atoms with Crippen molar-refractivity contribution in [2.75, 3.05) is 4.43 Å². The van der Waals surface area contributed by atoms with Gasteiger partial charge in [0, 0.05) is 10.8 Å². The quantitative estimate of drug-likeness (QED) is 0.411. The summed E-state index contributed by atoms with van der Waals surface area (Å²) in [5, 5.41) is 0. The zero-order valence-electron chi connectivity index (χ0n) is 10.7. The number of hydrogen-bond acceptors (Lipinski definition) is 4. The Kier molecular flexibility index (Phi) is 2.64. The molecular formula is C12H19IO4.